The minimum atomic E-state index is -0.855. The van der Waals surface area contributed by atoms with Gasteiger partial charge >= 0.3 is 5.97 Å². The van der Waals surface area contributed by atoms with Crippen molar-refractivity contribution in [2.45, 2.75) is 63.0 Å². The second-order valence-corrected chi connectivity index (χ2v) is 5.73. The van der Waals surface area contributed by atoms with Crippen molar-refractivity contribution in [3.8, 4) is 0 Å². The SMILES string of the molecule is CNC(COC1CCCCCC1)(C(=O)O)C1CC1. The van der Waals surface area contributed by atoms with Crippen LogP contribution in [0.4, 0.5) is 0 Å². The van der Waals surface area contributed by atoms with E-state index in [1.54, 1.807) is 7.05 Å². The van der Waals surface area contributed by atoms with E-state index in [1.807, 2.05) is 0 Å². The first-order valence-electron chi connectivity index (χ1n) is 7.23. The topological polar surface area (TPSA) is 58.6 Å². The summed E-state index contributed by atoms with van der Waals surface area (Å²) in [6, 6.07) is 0. The molecule has 0 saturated heterocycles. The zero-order valence-corrected chi connectivity index (χ0v) is 11.3. The van der Waals surface area contributed by atoms with Gasteiger partial charge < -0.3 is 15.2 Å². The van der Waals surface area contributed by atoms with E-state index in [2.05, 4.69) is 5.32 Å². The van der Waals surface area contributed by atoms with E-state index in [9.17, 15) is 9.90 Å². The fourth-order valence-electron chi connectivity index (χ4n) is 2.97. The van der Waals surface area contributed by atoms with Crippen LogP contribution in [0, 0.1) is 5.92 Å². The molecule has 0 spiro atoms. The van der Waals surface area contributed by atoms with Crippen molar-refractivity contribution < 1.29 is 14.6 Å². The van der Waals surface area contributed by atoms with Crippen molar-refractivity contribution in [1.29, 1.82) is 0 Å². The lowest BCUT2D eigenvalue weighted by Crippen LogP contribution is -2.56. The molecular formula is C14H25NO3. The third-order valence-electron chi connectivity index (χ3n) is 4.45. The number of likely N-dealkylation sites (N-methyl/N-ethyl adjacent to an activating group) is 1. The Kier molecular flexibility index (Phi) is 4.62. The molecule has 0 aliphatic heterocycles. The largest absolute Gasteiger partial charge is 0.480 e. The molecule has 1 atom stereocenters. The van der Waals surface area contributed by atoms with E-state index < -0.39 is 11.5 Å². The molecule has 2 rings (SSSR count). The van der Waals surface area contributed by atoms with Crippen LogP contribution in [-0.4, -0.2) is 36.4 Å². The molecule has 0 heterocycles. The number of carboxylic acid groups (broad SMARTS) is 1. The van der Waals surface area contributed by atoms with Crippen molar-refractivity contribution >= 4 is 5.97 Å². The van der Waals surface area contributed by atoms with Crippen LogP contribution in [0.5, 0.6) is 0 Å². The third-order valence-corrected chi connectivity index (χ3v) is 4.45. The summed E-state index contributed by atoms with van der Waals surface area (Å²) in [6.45, 7) is 0.314. The lowest BCUT2D eigenvalue weighted by Gasteiger charge is -2.30. The molecule has 0 bridgehead atoms. The van der Waals surface area contributed by atoms with Crippen LogP contribution in [0.25, 0.3) is 0 Å². The Hall–Kier alpha value is -0.610. The summed E-state index contributed by atoms with van der Waals surface area (Å²) in [5.41, 5.74) is -0.855. The summed E-state index contributed by atoms with van der Waals surface area (Å²) in [5.74, 6) is -0.521. The summed E-state index contributed by atoms with van der Waals surface area (Å²) in [6.07, 6.45) is 9.45. The number of aliphatic carboxylic acids is 1. The molecule has 0 radical (unpaired) electrons. The van der Waals surface area contributed by atoms with E-state index in [4.69, 9.17) is 4.74 Å². The molecule has 18 heavy (non-hydrogen) atoms. The smallest absolute Gasteiger partial charge is 0.326 e. The molecule has 0 aromatic carbocycles. The molecule has 104 valence electrons. The summed E-state index contributed by atoms with van der Waals surface area (Å²) < 4.78 is 5.94. The first-order chi connectivity index (χ1) is 8.69. The second-order valence-electron chi connectivity index (χ2n) is 5.73. The second kappa shape index (κ2) is 6.02. The van der Waals surface area contributed by atoms with Crippen LogP contribution in [0.15, 0.2) is 0 Å². The molecule has 0 aromatic heterocycles. The molecule has 0 aromatic rings. The van der Waals surface area contributed by atoms with E-state index in [0.717, 1.165) is 25.7 Å². The molecule has 1 unspecified atom stereocenters. The number of nitrogens with one attached hydrogen (secondary N) is 1. The highest BCUT2D eigenvalue weighted by Crippen LogP contribution is 2.40. The fraction of sp³-hybridized carbons (Fsp3) is 0.929. The van der Waals surface area contributed by atoms with Gasteiger partial charge in [-0.1, -0.05) is 25.7 Å². The maximum Gasteiger partial charge on any atom is 0.326 e. The Bertz CT molecular complexity index is 283. The number of carbonyl (C=O) groups is 1. The highest BCUT2D eigenvalue weighted by molar-refractivity contribution is 5.80. The van der Waals surface area contributed by atoms with Crippen molar-refractivity contribution in [1.82, 2.24) is 5.32 Å². The molecule has 4 heteroatoms. The van der Waals surface area contributed by atoms with Gasteiger partial charge in [0.1, 0.15) is 5.54 Å². The first kappa shape index (κ1) is 13.8. The standard InChI is InChI=1S/C14H25NO3/c1-15-14(13(16)17,11-8-9-11)10-18-12-6-4-2-3-5-7-12/h11-12,15H,2-10H2,1H3,(H,16,17). The predicted molar refractivity (Wildman–Crippen MR) is 69.6 cm³/mol. The Morgan fingerprint density at radius 3 is 2.28 bits per heavy atom. The van der Waals surface area contributed by atoms with E-state index >= 15 is 0 Å². The summed E-state index contributed by atoms with van der Waals surface area (Å²) in [5, 5.41) is 12.5. The summed E-state index contributed by atoms with van der Waals surface area (Å²) >= 11 is 0. The van der Waals surface area contributed by atoms with Gasteiger partial charge in [0, 0.05) is 0 Å². The third kappa shape index (κ3) is 3.04. The van der Waals surface area contributed by atoms with Gasteiger partial charge in [-0.15, -0.1) is 0 Å². The molecule has 2 fully saturated rings. The van der Waals surface area contributed by atoms with Crippen molar-refractivity contribution in [3.05, 3.63) is 0 Å². The number of rotatable bonds is 6. The van der Waals surface area contributed by atoms with E-state index in [-0.39, 0.29) is 12.0 Å². The van der Waals surface area contributed by atoms with Crippen LogP contribution in [0.3, 0.4) is 0 Å². The van der Waals surface area contributed by atoms with Crippen LogP contribution >= 0.6 is 0 Å². The zero-order valence-electron chi connectivity index (χ0n) is 11.3. The fourth-order valence-corrected chi connectivity index (χ4v) is 2.97. The number of hydrogen-bond acceptors (Lipinski definition) is 3. The number of hydrogen-bond donors (Lipinski definition) is 2. The molecule has 0 amide bonds. The lowest BCUT2D eigenvalue weighted by atomic mass is 9.94. The normalized spacial score (nSPS) is 25.4. The van der Waals surface area contributed by atoms with Crippen LogP contribution in [0.1, 0.15) is 51.4 Å². The minimum absolute atomic E-state index is 0.241. The Morgan fingerprint density at radius 1 is 1.22 bits per heavy atom. The predicted octanol–water partition coefficient (Wildman–Crippen LogP) is 2.18. The average molecular weight is 255 g/mol. The number of ether oxygens (including phenoxy) is 1. The molecule has 2 N–H and O–H groups in total. The maximum absolute atomic E-state index is 11.5. The van der Waals surface area contributed by atoms with Crippen molar-refractivity contribution in [3.63, 3.8) is 0 Å². The van der Waals surface area contributed by atoms with E-state index in [0.29, 0.717) is 6.61 Å². The summed E-state index contributed by atoms with van der Waals surface area (Å²) in [7, 11) is 1.74. The molecule has 2 aliphatic rings. The average Bonchev–Trinajstić information content (AvgIpc) is 3.17. The Morgan fingerprint density at radius 2 is 1.83 bits per heavy atom. The van der Waals surface area contributed by atoms with Gasteiger partial charge in [-0.2, -0.15) is 0 Å². The molecule has 2 aliphatic carbocycles. The van der Waals surface area contributed by atoms with Gasteiger partial charge in [0.25, 0.3) is 0 Å². The number of carboxylic acids is 1. The van der Waals surface area contributed by atoms with Crippen LogP contribution in [0.2, 0.25) is 0 Å². The van der Waals surface area contributed by atoms with Gasteiger partial charge in [0.2, 0.25) is 0 Å². The molecular weight excluding hydrogens is 230 g/mol. The van der Waals surface area contributed by atoms with Crippen molar-refractivity contribution in [2.75, 3.05) is 13.7 Å². The monoisotopic (exact) mass is 255 g/mol. The van der Waals surface area contributed by atoms with Crippen LogP contribution in [-0.2, 0) is 9.53 Å². The van der Waals surface area contributed by atoms with Crippen LogP contribution < -0.4 is 5.32 Å². The van der Waals surface area contributed by atoms with Gasteiger partial charge in [0.15, 0.2) is 0 Å². The Balaban J connectivity index is 1.90. The maximum atomic E-state index is 11.5. The molecule has 2 saturated carbocycles. The Labute approximate surface area is 109 Å². The first-order valence-corrected chi connectivity index (χ1v) is 7.23. The lowest BCUT2D eigenvalue weighted by molar-refractivity contribution is -0.150. The zero-order chi connectivity index (χ0) is 13.0. The molecule has 4 nitrogen and oxygen atoms in total. The van der Waals surface area contributed by atoms with E-state index in [1.165, 1.54) is 25.7 Å². The van der Waals surface area contributed by atoms with Gasteiger partial charge in [-0.05, 0) is 38.6 Å². The quantitative estimate of drug-likeness (QED) is 0.714. The summed E-state index contributed by atoms with van der Waals surface area (Å²) in [4.78, 5) is 11.5. The van der Waals surface area contributed by atoms with Gasteiger partial charge in [-0.25, -0.2) is 0 Å². The highest BCUT2D eigenvalue weighted by Gasteiger charge is 2.50. The highest BCUT2D eigenvalue weighted by atomic mass is 16.5. The van der Waals surface area contributed by atoms with Gasteiger partial charge in [0.05, 0.1) is 12.7 Å². The minimum Gasteiger partial charge on any atom is -0.480 e. The van der Waals surface area contributed by atoms with Crippen molar-refractivity contribution in [2.24, 2.45) is 5.92 Å². The van der Waals surface area contributed by atoms with Gasteiger partial charge in [-0.3, -0.25) is 4.79 Å².